The van der Waals surface area contributed by atoms with Gasteiger partial charge in [0.25, 0.3) is 0 Å². The molecule has 0 atom stereocenters. The summed E-state index contributed by atoms with van der Waals surface area (Å²) in [6, 6.07) is 7.81. The second-order valence-corrected chi connectivity index (χ2v) is 7.62. The predicted molar refractivity (Wildman–Crippen MR) is 98.1 cm³/mol. The van der Waals surface area contributed by atoms with E-state index in [9.17, 15) is 4.79 Å². The lowest BCUT2D eigenvalue weighted by molar-refractivity contribution is -0.133. The third-order valence-corrected chi connectivity index (χ3v) is 4.25. The van der Waals surface area contributed by atoms with Crippen LogP contribution in [0.25, 0.3) is 11.3 Å². The molecule has 0 aliphatic carbocycles. The summed E-state index contributed by atoms with van der Waals surface area (Å²) in [6.45, 7) is 9.34. The van der Waals surface area contributed by atoms with E-state index < -0.39 is 0 Å². The summed E-state index contributed by atoms with van der Waals surface area (Å²) in [6.07, 6.45) is 4.11. The van der Waals surface area contributed by atoms with Crippen molar-refractivity contribution in [3.8, 4) is 11.3 Å². The Labute approximate surface area is 148 Å². The molecular formula is C19H25N5O. The Hall–Kier alpha value is -2.50. The maximum absolute atomic E-state index is 12.3. The van der Waals surface area contributed by atoms with E-state index in [0.29, 0.717) is 6.42 Å². The number of carbonyl (C=O) groups excluding carboxylic acids is 1. The predicted octanol–water partition coefficient (Wildman–Crippen LogP) is 2.62. The van der Waals surface area contributed by atoms with Crippen molar-refractivity contribution < 1.29 is 4.79 Å². The highest BCUT2D eigenvalue weighted by Crippen LogP contribution is 2.22. The second kappa shape index (κ2) is 7.17. The molecule has 1 fully saturated rings. The molecule has 0 bridgehead atoms. The van der Waals surface area contributed by atoms with Gasteiger partial charge in [-0.25, -0.2) is 0 Å². The highest BCUT2D eigenvalue weighted by atomic mass is 16.2. The summed E-state index contributed by atoms with van der Waals surface area (Å²) < 4.78 is 0. The molecule has 0 N–H and O–H groups in total. The van der Waals surface area contributed by atoms with Gasteiger partial charge in [0.2, 0.25) is 5.91 Å². The van der Waals surface area contributed by atoms with Crippen LogP contribution in [0.15, 0.2) is 36.7 Å². The minimum Gasteiger partial charge on any atom is -0.352 e. The summed E-state index contributed by atoms with van der Waals surface area (Å²) in [4.78, 5) is 20.6. The van der Waals surface area contributed by atoms with E-state index in [1.807, 2.05) is 29.2 Å². The molecule has 6 nitrogen and oxygen atoms in total. The molecule has 0 spiro atoms. The molecule has 1 aliphatic rings. The first kappa shape index (κ1) is 17.3. The Morgan fingerprint density at radius 2 is 1.84 bits per heavy atom. The molecule has 3 rings (SSSR count). The number of rotatable bonds is 3. The van der Waals surface area contributed by atoms with Gasteiger partial charge < -0.3 is 9.80 Å². The first-order valence-corrected chi connectivity index (χ1v) is 8.69. The van der Waals surface area contributed by atoms with E-state index in [-0.39, 0.29) is 11.3 Å². The molecule has 2 aromatic rings. The van der Waals surface area contributed by atoms with Gasteiger partial charge in [-0.05, 0) is 29.7 Å². The molecule has 25 heavy (non-hydrogen) atoms. The summed E-state index contributed by atoms with van der Waals surface area (Å²) in [5, 5.41) is 8.67. The van der Waals surface area contributed by atoms with E-state index in [4.69, 9.17) is 0 Å². The maximum Gasteiger partial charge on any atom is 0.223 e. The average Bonchev–Trinajstić information content (AvgIpc) is 2.61. The SMILES string of the molecule is CC(C)(C)CC(=O)N1CCN(c2ccc(-c3cccnc3)nn2)CC1. The first-order valence-electron chi connectivity index (χ1n) is 8.69. The third kappa shape index (κ3) is 4.53. The minimum absolute atomic E-state index is 0.0296. The van der Waals surface area contributed by atoms with Crippen LogP contribution in [-0.4, -0.2) is 52.2 Å². The van der Waals surface area contributed by atoms with Crippen molar-refractivity contribution in [2.24, 2.45) is 5.41 Å². The lowest BCUT2D eigenvalue weighted by Crippen LogP contribution is -2.49. The Bertz CT molecular complexity index is 701. The van der Waals surface area contributed by atoms with E-state index in [1.165, 1.54) is 0 Å². The molecule has 2 aromatic heterocycles. The quantitative estimate of drug-likeness (QED) is 0.860. The van der Waals surface area contributed by atoms with Crippen LogP contribution < -0.4 is 4.90 Å². The molecule has 132 valence electrons. The van der Waals surface area contributed by atoms with Crippen molar-refractivity contribution in [1.29, 1.82) is 0 Å². The number of piperazine rings is 1. The van der Waals surface area contributed by atoms with Crippen LogP contribution in [0.2, 0.25) is 0 Å². The van der Waals surface area contributed by atoms with Crippen LogP contribution in [0, 0.1) is 5.41 Å². The van der Waals surface area contributed by atoms with Gasteiger partial charge in [0.15, 0.2) is 5.82 Å². The van der Waals surface area contributed by atoms with Crippen LogP contribution in [-0.2, 0) is 4.79 Å². The van der Waals surface area contributed by atoms with Crippen LogP contribution in [0.5, 0.6) is 0 Å². The van der Waals surface area contributed by atoms with Gasteiger partial charge in [0.05, 0.1) is 5.69 Å². The number of hydrogen-bond acceptors (Lipinski definition) is 5. The fraction of sp³-hybridized carbons (Fsp3) is 0.474. The van der Waals surface area contributed by atoms with Crippen molar-refractivity contribution in [2.45, 2.75) is 27.2 Å². The highest BCUT2D eigenvalue weighted by molar-refractivity contribution is 5.77. The van der Waals surface area contributed by atoms with E-state index in [2.05, 4.69) is 40.9 Å². The molecule has 1 amide bonds. The lowest BCUT2D eigenvalue weighted by Gasteiger charge is -2.36. The maximum atomic E-state index is 12.3. The standard InChI is InChI=1S/C19H25N5O/c1-19(2,3)13-18(25)24-11-9-23(10-12-24)17-7-6-16(21-22-17)15-5-4-8-20-14-15/h4-8,14H,9-13H2,1-3H3. The zero-order valence-electron chi connectivity index (χ0n) is 15.1. The van der Waals surface area contributed by atoms with Gasteiger partial charge in [0, 0.05) is 50.6 Å². The van der Waals surface area contributed by atoms with Gasteiger partial charge in [-0.2, -0.15) is 0 Å². The monoisotopic (exact) mass is 339 g/mol. The zero-order chi connectivity index (χ0) is 17.9. The van der Waals surface area contributed by atoms with Gasteiger partial charge >= 0.3 is 0 Å². The molecule has 6 heteroatoms. The van der Waals surface area contributed by atoms with Gasteiger partial charge in [-0.3, -0.25) is 9.78 Å². The number of hydrogen-bond donors (Lipinski definition) is 0. The van der Waals surface area contributed by atoms with Gasteiger partial charge in [-0.15, -0.1) is 10.2 Å². The largest absolute Gasteiger partial charge is 0.352 e. The summed E-state index contributed by atoms with van der Waals surface area (Å²) in [5.41, 5.74) is 1.80. The summed E-state index contributed by atoms with van der Waals surface area (Å²) in [5.74, 6) is 1.10. The van der Waals surface area contributed by atoms with Crippen LogP contribution in [0.1, 0.15) is 27.2 Å². The smallest absolute Gasteiger partial charge is 0.223 e. The molecular weight excluding hydrogens is 314 g/mol. The number of amides is 1. The van der Waals surface area contributed by atoms with Crippen LogP contribution >= 0.6 is 0 Å². The molecule has 1 saturated heterocycles. The second-order valence-electron chi connectivity index (χ2n) is 7.62. The Morgan fingerprint density at radius 1 is 1.08 bits per heavy atom. The lowest BCUT2D eigenvalue weighted by atomic mass is 9.91. The van der Waals surface area contributed by atoms with Crippen molar-refractivity contribution in [2.75, 3.05) is 31.1 Å². The van der Waals surface area contributed by atoms with Crippen molar-refractivity contribution >= 4 is 11.7 Å². The third-order valence-electron chi connectivity index (χ3n) is 4.25. The molecule has 0 unspecified atom stereocenters. The van der Waals surface area contributed by atoms with Gasteiger partial charge in [0.1, 0.15) is 0 Å². The zero-order valence-corrected chi connectivity index (χ0v) is 15.1. The van der Waals surface area contributed by atoms with E-state index >= 15 is 0 Å². The minimum atomic E-state index is 0.0296. The van der Waals surface area contributed by atoms with Crippen molar-refractivity contribution in [1.82, 2.24) is 20.1 Å². The Balaban J connectivity index is 1.59. The Kier molecular flexibility index (Phi) is 4.97. The van der Waals surface area contributed by atoms with Crippen molar-refractivity contribution in [3.63, 3.8) is 0 Å². The van der Waals surface area contributed by atoms with Gasteiger partial charge in [-0.1, -0.05) is 20.8 Å². The van der Waals surface area contributed by atoms with E-state index in [0.717, 1.165) is 43.3 Å². The molecule has 0 saturated carbocycles. The topological polar surface area (TPSA) is 62.2 Å². The van der Waals surface area contributed by atoms with Crippen LogP contribution in [0.4, 0.5) is 5.82 Å². The molecule has 3 heterocycles. The van der Waals surface area contributed by atoms with Crippen LogP contribution in [0.3, 0.4) is 0 Å². The fourth-order valence-electron chi connectivity index (χ4n) is 2.91. The van der Waals surface area contributed by atoms with Crippen molar-refractivity contribution in [3.05, 3.63) is 36.7 Å². The molecule has 1 aliphatic heterocycles. The molecule has 0 aromatic carbocycles. The highest BCUT2D eigenvalue weighted by Gasteiger charge is 2.25. The number of pyridine rings is 1. The summed E-state index contributed by atoms with van der Waals surface area (Å²) in [7, 11) is 0. The average molecular weight is 339 g/mol. The summed E-state index contributed by atoms with van der Waals surface area (Å²) >= 11 is 0. The number of nitrogens with zero attached hydrogens (tertiary/aromatic N) is 5. The fourth-order valence-corrected chi connectivity index (χ4v) is 2.91. The Morgan fingerprint density at radius 3 is 2.40 bits per heavy atom. The number of carbonyl (C=O) groups is 1. The number of aromatic nitrogens is 3. The first-order chi connectivity index (χ1) is 11.9. The number of anilines is 1. The molecule has 0 radical (unpaired) electrons. The van der Waals surface area contributed by atoms with E-state index in [1.54, 1.807) is 12.4 Å². The normalized spacial score (nSPS) is 15.3.